The average molecular weight is 467 g/mol. The first kappa shape index (κ1) is 16.1. The van der Waals surface area contributed by atoms with Crippen molar-refractivity contribution in [1.82, 2.24) is 0 Å². The summed E-state index contributed by atoms with van der Waals surface area (Å²) in [6.45, 7) is 0. The summed E-state index contributed by atoms with van der Waals surface area (Å²) in [5.74, 6) is 0.815. The number of halogens is 3. The molecule has 2 N–H and O–H groups in total. The lowest BCUT2D eigenvalue weighted by Gasteiger charge is -2.16. The monoisotopic (exact) mass is 465 g/mol. The highest BCUT2D eigenvalue weighted by Gasteiger charge is 2.14. The average Bonchev–Trinajstić information content (AvgIpc) is 2.41. The van der Waals surface area contributed by atoms with E-state index in [1.54, 1.807) is 7.11 Å². The van der Waals surface area contributed by atoms with E-state index in [-0.39, 0.29) is 6.04 Å². The predicted molar refractivity (Wildman–Crippen MR) is 95.5 cm³/mol. The molecule has 0 aromatic heterocycles. The van der Waals surface area contributed by atoms with Crippen LogP contribution in [0.1, 0.15) is 17.2 Å². The van der Waals surface area contributed by atoms with Gasteiger partial charge >= 0.3 is 0 Å². The normalized spacial score (nSPS) is 12.2. The Balaban J connectivity index is 2.29. The molecule has 0 bridgehead atoms. The Bertz CT molecular complexity index is 621. The van der Waals surface area contributed by atoms with Crippen LogP contribution >= 0.6 is 50.1 Å². The molecule has 0 saturated heterocycles. The molecule has 1 atom stereocenters. The smallest absolute Gasteiger partial charge is 0.122 e. The van der Waals surface area contributed by atoms with Crippen LogP contribution in [-0.2, 0) is 6.42 Å². The quantitative estimate of drug-likeness (QED) is 0.647. The number of methoxy groups -OCH3 is 1. The minimum atomic E-state index is -0.105. The SMILES string of the molecule is COc1ccc(Cl)cc1CC(N)c1cc(Br)ccc1I. The Kier molecular flexibility index (Phi) is 5.72. The standard InChI is InChI=1S/C15H14BrClINO/c1-20-15-5-3-11(17)6-9(15)7-14(19)12-8-10(16)2-4-13(12)18/h2-6,8,14H,7,19H2,1H3. The van der Waals surface area contributed by atoms with Gasteiger partial charge in [-0.25, -0.2) is 0 Å². The summed E-state index contributed by atoms with van der Waals surface area (Å²) in [5.41, 5.74) is 8.48. The van der Waals surface area contributed by atoms with Crippen molar-refractivity contribution in [3.63, 3.8) is 0 Å². The van der Waals surface area contributed by atoms with Crippen molar-refractivity contribution in [2.24, 2.45) is 5.73 Å². The van der Waals surface area contributed by atoms with Gasteiger partial charge in [0.05, 0.1) is 7.11 Å². The first-order chi connectivity index (χ1) is 9.51. The Hall–Kier alpha value is -0.300. The summed E-state index contributed by atoms with van der Waals surface area (Å²) in [7, 11) is 1.65. The number of hydrogen-bond donors (Lipinski definition) is 1. The topological polar surface area (TPSA) is 35.2 Å². The molecule has 2 aromatic carbocycles. The molecule has 0 heterocycles. The third-order valence-corrected chi connectivity index (χ3v) is 4.75. The molecule has 2 aromatic rings. The molecule has 0 spiro atoms. The summed E-state index contributed by atoms with van der Waals surface area (Å²) in [6.07, 6.45) is 0.677. The lowest BCUT2D eigenvalue weighted by atomic mass is 9.99. The van der Waals surface area contributed by atoms with E-state index in [0.717, 1.165) is 24.9 Å². The van der Waals surface area contributed by atoms with Crippen molar-refractivity contribution in [3.05, 3.63) is 60.6 Å². The first-order valence-corrected chi connectivity index (χ1v) is 8.29. The lowest BCUT2D eigenvalue weighted by Crippen LogP contribution is -2.15. The van der Waals surface area contributed by atoms with Gasteiger partial charge in [-0.05, 0) is 76.5 Å². The Morgan fingerprint density at radius 2 is 2.05 bits per heavy atom. The van der Waals surface area contributed by atoms with Crippen LogP contribution in [0.4, 0.5) is 0 Å². The van der Waals surface area contributed by atoms with E-state index < -0.39 is 0 Å². The molecule has 0 aliphatic heterocycles. The van der Waals surface area contributed by atoms with E-state index in [2.05, 4.69) is 50.7 Å². The molecule has 0 aliphatic carbocycles. The molecule has 0 radical (unpaired) electrons. The van der Waals surface area contributed by atoms with E-state index in [0.29, 0.717) is 11.4 Å². The Morgan fingerprint density at radius 3 is 2.75 bits per heavy atom. The fraction of sp³-hybridized carbons (Fsp3) is 0.200. The number of benzene rings is 2. The summed E-state index contributed by atoms with van der Waals surface area (Å²) in [4.78, 5) is 0. The molecule has 2 rings (SSSR count). The van der Waals surface area contributed by atoms with Crippen molar-refractivity contribution in [1.29, 1.82) is 0 Å². The minimum absolute atomic E-state index is 0.105. The molecule has 0 saturated carbocycles. The van der Waals surface area contributed by atoms with Crippen molar-refractivity contribution in [2.45, 2.75) is 12.5 Å². The second-order valence-electron chi connectivity index (χ2n) is 4.43. The van der Waals surface area contributed by atoms with Gasteiger partial charge in [0.2, 0.25) is 0 Å². The van der Waals surface area contributed by atoms with Gasteiger partial charge in [0, 0.05) is 19.1 Å². The number of ether oxygens (including phenoxy) is 1. The maximum atomic E-state index is 6.35. The van der Waals surface area contributed by atoms with Gasteiger partial charge in [0.25, 0.3) is 0 Å². The Labute approximate surface area is 145 Å². The van der Waals surface area contributed by atoms with Crippen LogP contribution in [0.25, 0.3) is 0 Å². The van der Waals surface area contributed by atoms with Gasteiger partial charge in [0.15, 0.2) is 0 Å². The van der Waals surface area contributed by atoms with Gasteiger partial charge in [0.1, 0.15) is 5.75 Å². The van der Waals surface area contributed by atoms with Crippen molar-refractivity contribution in [3.8, 4) is 5.75 Å². The van der Waals surface area contributed by atoms with Crippen LogP contribution in [0.2, 0.25) is 5.02 Å². The third kappa shape index (κ3) is 3.87. The van der Waals surface area contributed by atoms with Crippen LogP contribution in [0.5, 0.6) is 5.75 Å². The molecule has 0 aliphatic rings. The van der Waals surface area contributed by atoms with Gasteiger partial charge in [-0.3, -0.25) is 0 Å². The van der Waals surface area contributed by atoms with Gasteiger partial charge in [-0.15, -0.1) is 0 Å². The number of nitrogens with two attached hydrogens (primary N) is 1. The largest absolute Gasteiger partial charge is 0.496 e. The molecular formula is C15H14BrClINO. The number of hydrogen-bond acceptors (Lipinski definition) is 2. The summed E-state index contributed by atoms with van der Waals surface area (Å²) in [5, 5.41) is 0.692. The van der Waals surface area contributed by atoms with E-state index in [9.17, 15) is 0 Å². The van der Waals surface area contributed by atoms with Crippen molar-refractivity contribution >= 4 is 50.1 Å². The molecule has 5 heteroatoms. The second kappa shape index (κ2) is 7.11. The molecule has 106 valence electrons. The van der Waals surface area contributed by atoms with Crippen LogP contribution in [0.3, 0.4) is 0 Å². The third-order valence-electron chi connectivity index (χ3n) is 3.04. The zero-order valence-corrected chi connectivity index (χ0v) is 15.4. The summed E-state index contributed by atoms with van der Waals surface area (Å²) >= 11 is 11.8. The van der Waals surface area contributed by atoms with E-state index in [1.165, 1.54) is 0 Å². The van der Waals surface area contributed by atoms with Crippen molar-refractivity contribution < 1.29 is 4.74 Å². The predicted octanol–water partition coefficient (Wildman–Crippen LogP) is 4.96. The molecule has 20 heavy (non-hydrogen) atoms. The van der Waals surface area contributed by atoms with E-state index >= 15 is 0 Å². The second-order valence-corrected chi connectivity index (χ2v) is 6.95. The number of rotatable bonds is 4. The van der Waals surface area contributed by atoms with Gasteiger partial charge < -0.3 is 10.5 Å². The zero-order chi connectivity index (χ0) is 14.7. The first-order valence-electron chi connectivity index (χ1n) is 6.04. The lowest BCUT2D eigenvalue weighted by molar-refractivity contribution is 0.408. The zero-order valence-electron chi connectivity index (χ0n) is 10.9. The van der Waals surface area contributed by atoms with E-state index in [4.69, 9.17) is 22.1 Å². The fourth-order valence-corrected chi connectivity index (χ4v) is 3.36. The fourth-order valence-electron chi connectivity index (χ4n) is 2.05. The molecule has 0 amide bonds. The highest BCUT2D eigenvalue weighted by Crippen LogP contribution is 2.29. The van der Waals surface area contributed by atoms with E-state index in [1.807, 2.05) is 24.3 Å². The van der Waals surface area contributed by atoms with Crippen molar-refractivity contribution in [2.75, 3.05) is 7.11 Å². The highest BCUT2D eigenvalue weighted by molar-refractivity contribution is 14.1. The van der Waals surface area contributed by atoms with Gasteiger partial charge in [-0.1, -0.05) is 27.5 Å². The van der Waals surface area contributed by atoms with Crippen LogP contribution in [0.15, 0.2) is 40.9 Å². The maximum Gasteiger partial charge on any atom is 0.122 e. The Morgan fingerprint density at radius 1 is 1.30 bits per heavy atom. The summed E-state index contributed by atoms with van der Waals surface area (Å²) < 4.78 is 7.55. The van der Waals surface area contributed by atoms with Gasteiger partial charge in [-0.2, -0.15) is 0 Å². The molecular weight excluding hydrogens is 452 g/mol. The maximum absolute atomic E-state index is 6.35. The molecule has 2 nitrogen and oxygen atoms in total. The molecule has 0 fully saturated rings. The minimum Gasteiger partial charge on any atom is -0.496 e. The molecule has 1 unspecified atom stereocenters. The van der Waals surface area contributed by atoms with Crippen LogP contribution < -0.4 is 10.5 Å². The van der Waals surface area contributed by atoms with Crippen LogP contribution in [-0.4, -0.2) is 7.11 Å². The highest BCUT2D eigenvalue weighted by atomic mass is 127. The van der Waals surface area contributed by atoms with Crippen LogP contribution in [0, 0.1) is 3.57 Å². The summed E-state index contributed by atoms with van der Waals surface area (Å²) in [6, 6.07) is 11.6.